The number of esters is 1. The number of nitrogens with one attached hydrogen (secondary N) is 1. The Morgan fingerprint density at radius 1 is 1.03 bits per heavy atom. The second-order valence-corrected chi connectivity index (χ2v) is 8.20. The van der Waals surface area contributed by atoms with Crippen molar-refractivity contribution in [3.05, 3.63) is 93.1 Å². The lowest BCUT2D eigenvalue weighted by atomic mass is 9.85. The Morgan fingerprint density at radius 2 is 1.62 bits per heavy atom. The Kier molecular flexibility index (Phi) is 8.61. The highest BCUT2D eigenvalue weighted by atomic mass is 127. The number of carbonyl (C=O) groups excluding carboxylic acids is 2. The van der Waals surface area contributed by atoms with Gasteiger partial charge in [0.2, 0.25) is 0 Å². The van der Waals surface area contributed by atoms with Gasteiger partial charge in [-0.2, -0.15) is 5.10 Å². The average Bonchev–Trinajstić information content (AvgIpc) is 2.87. The predicted octanol–water partition coefficient (Wildman–Crippen LogP) is 3.24. The quantitative estimate of drug-likeness (QED) is 0.176. The summed E-state index contributed by atoms with van der Waals surface area (Å²) in [5.74, 6) is -0.456. The van der Waals surface area contributed by atoms with Crippen molar-refractivity contribution in [2.75, 3.05) is 20.8 Å². The van der Waals surface area contributed by atoms with E-state index in [0.29, 0.717) is 31.8 Å². The van der Waals surface area contributed by atoms with Crippen LogP contribution in [0, 0.1) is 3.57 Å². The maximum absolute atomic E-state index is 13.1. The van der Waals surface area contributed by atoms with Crippen molar-refractivity contribution < 1.29 is 28.9 Å². The van der Waals surface area contributed by atoms with Crippen LogP contribution < -0.4 is 14.9 Å². The molecule has 0 fully saturated rings. The highest BCUT2D eigenvalue weighted by Crippen LogP contribution is 2.34. The molecule has 0 bridgehead atoms. The van der Waals surface area contributed by atoms with E-state index in [-0.39, 0.29) is 6.61 Å². The fourth-order valence-corrected chi connectivity index (χ4v) is 3.96. The first kappa shape index (κ1) is 25.2. The molecule has 0 unspecified atom stereocenters. The summed E-state index contributed by atoms with van der Waals surface area (Å²) in [5.41, 5.74) is 1.93. The van der Waals surface area contributed by atoms with E-state index in [4.69, 9.17) is 9.47 Å². The number of methoxy groups -OCH3 is 2. The number of hydrogen-bond donors (Lipinski definition) is 2. The molecule has 2 N–H and O–H groups in total. The molecule has 9 heteroatoms. The van der Waals surface area contributed by atoms with Crippen molar-refractivity contribution in [3.8, 4) is 11.5 Å². The van der Waals surface area contributed by atoms with Gasteiger partial charge in [0.1, 0.15) is 0 Å². The number of benzene rings is 3. The van der Waals surface area contributed by atoms with Crippen molar-refractivity contribution in [2.24, 2.45) is 5.10 Å². The number of ether oxygens (including phenoxy) is 3. The van der Waals surface area contributed by atoms with Crippen LogP contribution in [-0.4, -0.2) is 44.0 Å². The number of halogens is 1. The fourth-order valence-electron chi connectivity index (χ4n) is 3.18. The number of hydrazone groups is 1. The third-order valence-electron chi connectivity index (χ3n) is 4.91. The Morgan fingerprint density at radius 3 is 2.15 bits per heavy atom. The lowest BCUT2D eigenvalue weighted by Crippen LogP contribution is -2.43. The Bertz CT molecular complexity index is 1130. The van der Waals surface area contributed by atoms with E-state index < -0.39 is 17.5 Å². The molecule has 8 nitrogen and oxygen atoms in total. The standard InChI is InChI=1S/C25H23IN2O6/c1-32-21-14-17(13-20(26)23(21)34-16-22(29)33-2)15-27-28-24(30)25(31,18-9-5-3-6-10-18)19-11-7-4-8-12-19/h3-15,31H,16H2,1-2H3,(H,28,30)/b27-15-. The van der Waals surface area contributed by atoms with Crippen LogP contribution in [0.25, 0.3) is 0 Å². The van der Waals surface area contributed by atoms with Gasteiger partial charge in [0.05, 0.1) is 24.0 Å². The Labute approximate surface area is 210 Å². The number of amides is 1. The minimum absolute atomic E-state index is 0.260. The van der Waals surface area contributed by atoms with Crippen LogP contribution in [0.5, 0.6) is 11.5 Å². The number of carbonyl (C=O) groups is 2. The largest absolute Gasteiger partial charge is 0.493 e. The Hall–Kier alpha value is -3.44. The fraction of sp³-hybridized carbons (Fsp3) is 0.160. The minimum atomic E-state index is -1.93. The number of hydrogen-bond acceptors (Lipinski definition) is 7. The lowest BCUT2D eigenvalue weighted by molar-refractivity contribution is -0.143. The molecule has 0 aliphatic carbocycles. The van der Waals surface area contributed by atoms with Crippen molar-refractivity contribution in [1.82, 2.24) is 5.43 Å². The molecule has 3 aromatic carbocycles. The number of nitrogens with zero attached hydrogens (tertiary/aromatic N) is 1. The van der Waals surface area contributed by atoms with Gasteiger partial charge in [-0.3, -0.25) is 4.79 Å². The SMILES string of the molecule is COC(=O)COc1c(I)cc(/C=N\NC(=O)C(O)(c2ccccc2)c2ccccc2)cc1OC. The molecule has 0 aliphatic rings. The van der Waals surface area contributed by atoms with Gasteiger partial charge in [0.15, 0.2) is 23.7 Å². The molecule has 0 heterocycles. The van der Waals surface area contributed by atoms with Crippen LogP contribution in [0.15, 0.2) is 77.9 Å². The summed E-state index contributed by atoms with van der Waals surface area (Å²) in [5, 5.41) is 15.5. The Balaban J connectivity index is 1.82. The van der Waals surface area contributed by atoms with Gasteiger partial charge in [-0.25, -0.2) is 10.2 Å². The van der Waals surface area contributed by atoms with E-state index in [1.165, 1.54) is 20.4 Å². The van der Waals surface area contributed by atoms with Crippen LogP contribution in [-0.2, 0) is 19.9 Å². The van der Waals surface area contributed by atoms with Gasteiger partial charge in [-0.05, 0) is 51.4 Å². The van der Waals surface area contributed by atoms with Gasteiger partial charge < -0.3 is 19.3 Å². The summed E-state index contributed by atoms with van der Waals surface area (Å²) in [4.78, 5) is 24.5. The molecule has 176 valence electrons. The zero-order valence-electron chi connectivity index (χ0n) is 18.5. The first-order chi connectivity index (χ1) is 16.4. The summed E-state index contributed by atoms with van der Waals surface area (Å²) < 4.78 is 16.1. The van der Waals surface area contributed by atoms with Gasteiger partial charge in [-0.15, -0.1) is 0 Å². The second kappa shape index (κ2) is 11.6. The molecule has 0 radical (unpaired) electrons. The van der Waals surface area contributed by atoms with Crippen molar-refractivity contribution >= 4 is 40.7 Å². The topological polar surface area (TPSA) is 106 Å². The summed E-state index contributed by atoms with van der Waals surface area (Å²) in [6, 6.07) is 20.7. The molecule has 1 amide bonds. The van der Waals surface area contributed by atoms with E-state index in [1.807, 2.05) is 22.6 Å². The zero-order valence-corrected chi connectivity index (χ0v) is 20.7. The number of aliphatic hydroxyl groups is 1. The van der Waals surface area contributed by atoms with Crippen molar-refractivity contribution in [2.45, 2.75) is 5.60 Å². The summed E-state index contributed by atoms with van der Waals surface area (Å²) >= 11 is 2.04. The van der Waals surface area contributed by atoms with Gasteiger partial charge in [0, 0.05) is 0 Å². The lowest BCUT2D eigenvalue weighted by Gasteiger charge is -2.27. The maximum Gasteiger partial charge on any atom is 0.343 e. The third-order valence-corrected chi connectivity index (χ3v) is 5.71. The van der Waals surface area contributed by atoms with E-state index in [0.717, 1.165) is 0 Å². The molecule has 3 aromatic rings. The monoisotopic (exact) mass is 574 g/mol. The minimum Gasteiger partial charge on any atom is -0.493 e. The highest BCUT2D eigenvalue weighted by molar-refractivity contribution is 14.1. The smallest absolute Gasteiger partial charge is 0.343 e. The highest BCUT2D eigenvalue weighted by Gasteiger charge is 2.39. The third kappa shape index (κ3) is 5.72. The molecule has 0 saturated heterocycles. The molecule has 34 heavy (non-hydrogen) atoms. The molecule has 0 saturated carbocycles. The zero-order chi connectivity index (χ0) is 24.6. The summed E-state index contributed by atoms with van der Waals surface area (Å²) in [6.45, 7) is -0.260. The molecule has 0 aromatic heterocycles. The summed E-state index contributed by atoms with van der Waals surface area (Å²) in [7, 11) is 2.75. The van der Waals surface area contributed by atoms with Crippen LogP contribution in [0.4, 0.5) is 0 Å². The van der Waals surface area contributed by atoms with Gasteiger partial charge in [-0.1, -0.05) is 60.7 Å². The van der Waals surface area contributed by atoms with E-state index in [1.54, 1.807) is 72.8 Å². The van der Waals surface area contributed by atoms with E-state index >= 15 is 0 Å². The molecule has 3 rings (SSSR count). The normalized spacial score (nSPS) is 11.2. The maximum atomic E-state index is 13.1. The van der Waals surface area contributed by atoms with Crippen molar-refractivity contribution in [1.29, 1.82) is 0 Å². The van der Waals surface area contributed by atoms with E-state index in [9.17, 15) is 14.7 Å². The molecule has 0 spiro atoms. The second-order valence-electron chi connectivity index (χ2n) is 7.04. The van der Waals surface area contributed by atoms with Gasteiger partial charge >= 0.3 is 5.97 Å². The first-order valence-corrected chi connectivity index (χ1v) is 11.2. The van der Waals surface area contributed by atoms with E-state index in [2.05, 4.69) is 15.3 Å². The average molecular weight is 574 g/mol. The predicted molar refractivity (Wildman–Crippen MR) is 135 cm³/mol. The van der Waals surface area contributed by atoms with Crippen LogP contribution in [0.1, 0.15) is 16.7 Å². The van der Waals surface area contributed by atoms with Crippen LogP contribution in [0.3, 0.4) is 0 Å². The summed E-state index contributed by atoms with van der Waals surface area (Å²) in [6.07, 6.45) is 1.42. The van der Waals surface area contributed by atoms with Gasteiger partial charge in [0.25, 0.3) is 5.91 Å². The molecule has 0 atom stereocenters. The molecular weight excluding hydrogens is 551 g/mol. The molecule has 0 aliphatic heterocycles. The van der Waals surface area contributed by atoms with Crippen LogP contribution >= 0.6 is 22.6 Å². The van der Waals surface area contributed by atoms with Crippen LogP contribution in [0.2, 0.25) is 0 Å². The molecular formula is C25H23IN2O6. The van der Waals surface area contributed by atoms with Crippen molar-refractivity contribution in [3.63, 3.8) is 0 Å². The first-order valence-electron chi connectivity index (χ1n) is 10.1. The number of rotatable bonds is 9.